The number of pyridine rings is 1. The molecule has 4 rings (SSSR count). The Kier molecular flexibility index (Phi) is 7.87. The van der Waals surface area contributed by atoms with E-state index in [0.29, 0.717) is 36.0 Å². The molecule has 0 unspecified atom stereocenters. The number of amides is 1. The van der Waals surface area contributed by atoms with Crippen molar-refractivity contribution >= 4 is 33.4 Å². The van der Waals surface area contributed by atoms with Crippen molar-refractivity contribution in [3.05, 3.63) is 72.4 Å². The van der Waals surface area contributed by atoms with Gasteiger partial charge in [0.05, 0.1) is 12.2 Å². The Morgan fingerprint density at radius 3 is 2.56 bits per heavy atom. The monoisotopic (exact) mass is 497 g/mol. The summed E-state index contributed by atoms with van der Waals surface area (Å²) in [5, 5.41) is 3.41. The number of hydrogen-bond donors (Lipinski definition) is 1. The van der Waals surface area contributed by atoms with E-state index in [1.807, 2.05) is 30.3 Å². The third-order valence-corrected chi connectivity index (χ3v) is 8.35. The van der Waals surface area contributed by atoms with Crippen LogP contribution in [-0.4, -0.2) is 43.3 Å². The highest BCUT2D eigenvalue weighted by Gasteiger charge is 2.29. The molecule has 1 aliphatic rings. The number of anilines is 1. The normalized spacial score (nSPS) is 14.5. The molecule has 178 valence electrons. The first-order chi connectivity index (χ1) is 16.5. The Hall–Kier alpha value is -2.88. The van der Waals surface area contributed by atoms with E-state index in [1.54, 1.807) is 37.4 Å². The summed E-state index contributed by atoms with van der Waals surface area (Å²) in [7, 11) is -3.75. The molecule has 0 spiro atoms. The Balaban J connectivity index is 1.61. The summed E-state index contributed by atoms with van der Waals surface area (Å²) in [6, 6.07) is 17.8. The van der Waals surface area contributed by atoms with E-state index < -0.39 is 10.0 Å². The highest BCUT2D eigenvalue weighted by atomic mass is 32.2. The SMILES string of the molecule is CCOc1ccc(NC(=O)c2cccnc2Sc2ccccc2)cc1S(=O)(=O)N1CCCCC1. The minimum Gasteiger partial charge on any atom is -0.492 e. The van der Waals surface area contributed by atoms with E-state index in [1.165, 1.54) is 22.1 Å². The minimum atomic E-state index is -3.75. The van der Waals surface area contributed by atoms with Gasteiger partial charge in [-0.2, -0.15) is 4.31 Å². The first kappa shape index (κ1) is 24.3. The molecule has 1 amide bonds. The first-order valence-corrected chi connectivity index (χ1v) is 13.5. The highest BCUT2D eigenvalue weighted by Crippen LogP contribution is 2.32. The molecule has 2 heterocycles. The van der Waals surface area contributed by atoms with Gasteiger partial charge >= 0.3 is 0 Å². The van der Waals surface area contributed by atoms with E-state index in [-0.39, 0.29) is 16.6 Å². The second kappa shape index (κ2) is 11.0. The lowest BCUT2D eigenvalue weighted by molar-refractivity contribution is 0.102. The fourth-order valence-corrected chi connectivity index (χ4v) is 6.32. The van der Waals surface area contributed by atoms with Crippen molar-refractivity contribution in [1.82, 2.24) is 9.29 Å². The van der Waals surface area contributed by atoms with Gasteiger partial charge in [0.15, 0.2) is 0 Å². The second-order valence-electron chi connectivity index (χ2n) is 7.78. The summed E-state index contributed by atoms with van der Waals surface area (Å²) < 4.78 is 33.8. The summed E-state index contributed by atoms with van der Waals surface area (Å²) in [6.45, 7) is 3.12. The fourth-order valence-electron chi connectivity index (χ4n) is 3.75. The summed E-state index contributed by atoms with van der Waals surface area (Å²) in [6.07, 6.45) is 4.34. The zero-order valence-corrected chi connectivity index (χ0v) is 20.6. The number of rotatable bonds is 8. The van der Waals surface area contributed by atoms with Crippen LogP contribution in [0.15, 0.2) is 81.7 Å². The molecular weight excluding hydrogens is 470 g/mol. The number of hydrogen-bond acceptors (Lipinski definition) is 6. The molecule has 0 atom stereocenters. The van der Waals surface area contributed by atoms with Crippen LogP contribution in [0.5, 0.6) is 5.75 Å². The average molecular weight is 498 g/mol. The number of carbonyl (C=O) groups is 1. The van der Waals surface area contributed by atoms with Crippen LogP contribution in [0, 0.1) is 0 Å². The van der Waals surface area contributed by atoms with Gasteiger partial charge in [-0.3, -0.25) is 4.79 Å². The lowest BCUT2D eigenvalue weighted by Crippen LogP contribution is -2.35. The van der Waals surface area contributed by atoms with Crippen molar-refractivity contribution in [2.45, 2.75) is 41.0 Å². The maximum atomic E-state index is 13.4. The third kappa shape index (κ3) is 5.60. The average Bonchev–Trinajstić information content (AvgIpc) is 2.86. The predicted octanol–water partition coefficient (Wildman–Crippen LogP) is 5.06. The van der Waals surface area contributed by atoms with Crippen LogP contribution >= 0.6 is 11.8 Å². The number of piperidine rings is 1. The van der Waals surface area contributed by atoms with Crippen LogP contribution in [0.25, 0.3) is 0 Å². The summed E-state index contributed by atoms with van der Waals surface area (Å²) in [5.41, 5.74) is 0.786. The summed E-state index contributed by atoms with van der Waals surface area (Å²) in [5.74, 6) is -0.0789. The van der Waals surface area contributed by atoms with Crippen LogP contribution in [0.3, 0.4) is 0 Å². The number of nitrogens with one attached hydrogen (secondary N) is 1. The van der Waals surface area contributed by atoms with Crippen LogP contribution in [0.1, 0.15) is 36.5 Å². The summed E-state index contributed by atoms with van der Waals surface area (Å²) >= 11 is 1.39. The van der Waals surface area contributed by atoms with Crippen molar-refractivity contribution in [3.8, 4) is 5.75 Å². The lowest BCUT2D eigenvalue weighted by atomic mass is 10.2. The molecule has 0 saturated carbocycles. The number of benzene rings is 2. The fraction of sp³-hybridized carbons (Fsp3) is 0.280. The summed E-state index contributed by atoms with van der Waals surface area (Å²) in [4.78, 5) is 18.5. The van der Waals surface area contributed by atoms with Crippen LogP contribution in [0.4, 0.5) is 5.69 Å². The number of carbonyl (C=O) groups excluding carboxylic acids is 1. The molecular formula is C25H27N3O4S2. The van der Waals surface area contributed by atoms with E-state index in [4.69, 9.17) is 4.74 Å². The molecule has 3 aromatic rings. The lowest BCUT2D eigenvalue weighted by Gasteiger charge is -2.27. The Morgan fingerprint density at radius 1 is 1.06 bits per heavy atom. The van der Waals surface area contributed by atoms with Gasteiger partial charge in [0.2, 0.25) is 10.0 Å². The third-order valence-electron chi connectivity index (χ3n) is 5.41. The maximum absolute atomic E-state index is 13.4. The Bertz CT molecular complexity index is 1240. The highest BCUT2D eigenvalue weighted by molar-refractivity contribution is 7.99. The molecule has 1 fully saturated rings. The van der Waals surface area contributed by atoms with Crippen molar-refractivity contribution in [2.75, 3.05) is 25.0 Å². The molecule has 1 aliphatic heterocycles. The number of aromatic nitrogens is 1. The smallest absolute Gasteiger partial charge is 0.258 e. The number of sulfonamides is 1. The molecule has 1 N–H and O–H groups in total. The Labute approximate surface area is 204 Å². The molecule has 7 nitrogen and oxygen atoms in total. The number of ether oxygens (including phenoxy) is 1. The van der Waals surface area contributed by atoms with Crippen molar-refractivity contribution in [2.24, 2.45) is 0 Å². The van der Waals surface area contributed by atoms with Gasteiger partial charge in [-0.05, 0) is 62.2 Å². The second-order valence-corrected chi connectivity index (χ2v) is 10.8. The van der Waals surface area contributed by atoms with Gasteiger partial charge in [-0.25, -0.2) is 13.4 Å². The zero-order valence-electron chi connectivity index (χ0n) is 18.9. The molecule has 9 heteroatoms. The zero-order chi connectivity index (χ0) is 24.0. The standard InChI is InChI=1S/C25H27N3O4S2/c1-2-32-22-14-13-19(18-23(22)34(30,31)28-16-7-4-8-17-28)27-24(29)21-12-9-15-26-25(21)33-20-10-5-3-6-11-20/h3,5-6,9-15,18H,2,4,7-8,16-17H2,1H3,(H,27,29). The van der Waals surface area contributed by atoms with Crippen molar-refractivity contribution < 1.29 is 17.9 Å². The predicted molar refractivity (Wildman–Crippen MR) is 133 cm³/mol. The van der Waals surface area contributed by atoms with Crippen LogP contribution in [0.2, 0.25) is 0 Å². The first-order valence-electron chi connectivity index (χ1n) is 11.3. The van der Waals surface area contributed by atoms with Crippen molar-refractivity contribution in [1.29, 1.82) is 0 Å². The topological polar surface area (TPSA) is 88.6 Å². The molecule has 1 saturated heterocycles. The largest absolute Gasteiger partial charge is 0.492 e. The van der Waals surface area contributed by atoms with Gasteiger partial charge in [-0.1, -0.05) is 36.4 Å². The van der Waals surface area contributed by atoms with Gasteiger partial charge < -0.3 is 10.1 Å². The van der Waals surface area contributed by atoms with Crippen LogP contribution in [-0.2, 0) is 10.0 Å². The molecule has 1 aromatic heterocycles. The quantitative estimate of drug-likeness (QED) is 0.468. The van der Waals surface area contributed by atoms with E-state index >= 15 is 0 Å². The van der Waals surface area contributed by atoms with Gasteiger partial charge in [0.1, 0.15) is 15.7 Å². The van der Waals surface area contributed by atoms with Gasteiger partial charge in [-0.15, -0.1) is 0 Å². The molecule has 0 bridgehead atoms. The minimum absolute atomic E-state index is 0.0686. The van der Waals surface area contributed by atoms with Crippen LogP contribution < -0.4 is 10.1 Å². The molecule has 0 aliphatic carbocycles. The molecule has 2 aromatic carbocycles. The number of nitrogens with zero attached hydrogens (tertiary/aromatic N) is 2. The molecule has 34 heavy (non-hydrogen) atoms. The molecule has 0 radical (unpaired) electrons. The van der Waals surface area contributed by atoms with Gasteiger partial charge in [0.25, 0.3) is 5.91 Å². The van der Waals surface area contributed by atoms with Crippen molar-refractivity contribution in [3.63, 3.8) is 0 Å². The van der Waals surface area contributed by atoms with E-state index in [9.17, 15) is 13.2 Å². The maximum Gasteiger partial charge on any atom is 0.258 e. The Morgan fingerprint density at radius 2 is 1.82 bits per heavy atom. The van der Waals surface area contributed by atoms with E-state index in [0.717, 1.165) is 24.2 Å². The van der Waals surface area contributed by atoms with E-state index in [2.05, 4.69) is 10.3 Å². The van der Waals surface area contributed by atoms with Gasteiger partial charge in [0, 0.05) is 29.9 Å².